The highest BCUT2D eigenvalue weighted by Crippen LogP contribution is 2.27. The number of aromatic nitrogens is 1. The average molecular weight is 278 g/mol. The summed E-state index contributed by atoms with van der Waals surface area (Å²) < 4.78 is 0. The summed E-state index contributed by atoms with van der Waals surface area (Å²) in [4.78, 5) is 32.3. The minimum Gasteiger partial charge on any atom is -0.353 e. The third-order valence-corrected chi connectivity index (χ3v) is 3.19. The zero-order valence-electron chi connectivity index (χ0n) is 10.7. The molecule has 100 valence electrons. The molecule has 1 aliphatic carbocycles. The van der Waals surface area contributed by atoms with Crippen molar-refractivity contribution in [1.82, 2.24) is 10.3 Å². The van der Waals surface area contributed by atoms with Crippen LogP contribution in [0.3, 0.4) is 0 Å². The fourth-order valence-electron chi connectivity index (χ4n) is 1.63. The number of carbonyl (C=O) groups is 1. The van der Waals surface area contributed by atoms with Gasteiger partial charge in [0.1, 0.15) is 0 Å². The van der Waals surface area contributed by atoms with E-state index in [1.165, 1.54) is 0 Å². The third-order valence-electron chi connectivity index (χ3n) is 2.42. The number of hydrogen-bond donors (Lipinski definition) is 1. The molecule has 0 saturated heterocycles. The van der Waals surface area contributed by atoms with Gasteiger partial charge in [-0.3, -0.25) is 4.79 Å². The van der Waals surface area contributed by atoms with E-state index >= 15 is 0 Å². The first-order chi connectivity index (χ1) is 9.12. The van der Waals surface area contributed by atoms with Crippen molar-refractivity contribution in [2.45, 2.75) is 20.3 Å². The molecule has 0 radical (unpaired) electrons. The van der Waals surface area contributed by atoms with Gasteiger partial charge in [0.25, 0.3) is 0 Å². The van der Waals surface area contributed by atoms with E-state index in [0.717, 1.165) is 21.8 Å². The van der Waals surface area contributed by atoms with Crippen LogP contribution in [0.5, 0.6) is 0 Å². The lowest BCUT2D eigenvalue weighted by atomic mass is 10.2. The van der Waals surface area contributed by atoms with Gasteiger partial charge in [-0.25, -0.2) is 4.98 Å². The van der Waals surface area contributed by atoms with Gasteiger partial charge in [-0.15, -0.1) is 11.3 Å². The highest BCUT2D eigenvalue weighted by Gasteiger charge is 2.15. The SMILES string of the molecule is CCNC(=O)C1=CC(c2csc(C)n2)=CC1.O=C=O. The predicted molar refractivity (Wildman–Crippen MR) is 71.2 cm³/mol. The number of allylic oxidation sites excluding steroid dienone is 3. The van der Waals surface area contributed by atoms with E-state index in [0.29, 0.717) is 13.0 Å². The Hall–Kier alpha value is -2.04. The number of likely N-dealkylation sites (N-methyl/N-ethyl adjacent to an activating group) is 1. The van der Waals surface area contributed by atoms with Crippen molar-refractivity contribution in [3.8, 4) is 0 Å². The fraction of sp³-hybridized carbons (Fsp3) is 0.308. The summed E-state index contributed by atoms with van der Waals surface area (Å²) in [7, 11) is 0. The predicted octanol–water partition coefficient (Wildman–Crippen LogP) is 1.72. The summed E-state index contributed by atoms with van der Waals surface area (Å²) in [6, 6.07) is 0. The maximum absolute atomic E-state index is 11.6. The minimum absolute atomic E-state index is 0.0284. The number of hydrogen-bond acceptors (Lipinski definition) is 5. The Labute approximate surface area is 115 Å². The van der Waals surface area contributed by atoms with Gasteiger partial charge in [0.2, 0.25) is 5.91 Å². The number of carbonyl (C=O) groups excluding carboxylic acids is 3. The first-order valence-electron chi connectivity index (χ1n) is 5.73. The summed E-state index contributed by atoms with van der Waals surface area (Å²) in [5.74, 6) is 0.0284. The zero-order chi connectivity index (χ0) is 14.3. The van der Waals surface area contributed by atoms with Crippen LogP contribution in [0.25, 0.3) is 5.57 Å². The van der Waals surface area contributed by atoms with Crippen LogP contribution in [-0.4, -0.2) is 23.6 Å². The Morgan fingerprint density at radius 3 is 2.74 bits per heavy atom. The molecule has 0 fully saturated rings. The Kier molecular flexibility index (Phi) is 5.85. The Morgan fingerprint density at radius 2 is 2.21 bits per heavy atom. The molecule has 1 aromatic heterocycles. The molecule has 1 aromatic rings. The van der Waals surface area contributed by atoms with E-state index in [9.17, 15) is 4.79 Å². The molecule has 0 unspecified atom stereocenters. The van der Waals surface area contributed by atoms with Crippen molar-refractivity contribution in [3.05, 3.63) is 33.8 Å². The van der Waals surface area contributed by atoms with Crippen LogP contribution in [0.15, 0.2) is 23.1 Å². The second kappa shape index (κ2) is 7.41. The molecule has 6 heteroatoms. The maximum Gasteiger partial charge on any atom is 0.373 e. The van der Waals surface area contributed by atoms with E-state index in [1.807, 2.05) is 25.3 Å². The second-order valence-electron chi connectivity index (χ2n) is 3.73. The number of nitrogens with zero attached hydrogens (tertiary/aromatic N) is 1. The molecule has 5 nitrogen and oxygen atoms in total. The molecular weight excluding hydrogens is 264 g/mol. The minimum atomic E-state index is 0.0284. The molecule has 1 aliphatic rings. The van der Waals surface area contributed by atoms with Crippen molar-refractivity contribution in [3.63, 3.8) is 0 Å². The standard InChI is InChI=1S/C12H14N2OS.CO2/c1-3-13-12(15)10-5-4-9(6-10)11-7-16-8(2)14-11;2-1-3/h4,6-7H,3,5H2,1-2H3,(H,13,15);. The lowest BCUT2D eigenvalue weighted by Crippen LogP contribution is -2.23. The molecule has 0 spiro atoms. The largest absolute Gasteiger partial charge is 0.373 e. The molecule has 19 heavy (non-hydrogen) atoms. The molecule has 0 aliphatic heterocycles. The van der Waals surface area contributed by atoms with E-state index in [4.69, 9.17) is 9.59 Å². The van der Waals surface area contributed by atoms with Crippen LogP contribution in [0.2, 0.25) is 0 Å². The lowest BCUT2D eigenvalue weighted by molar-refractivity contribution is -0.191. The third kappa shape index (κ3) is 4.28. The first kappa shape index (κ1) is 15.0. The van der Waals surface area contributed by atoms with Crippen LogP contribution in [0.4, 0.5) is 0 Å². The van der Waals surface area contributed by atoms with E-state index < -0.39 is 0 Å². The first-order valence-corrected chi connectivity index (χ1v) is 6.61. The molecule has 0 aromatic carbocycles. The Bertz CT molecular complexity index is 552. The highest BCUT2D eigenvalue weighted by molar-refractivity contribution is 7.09. The van der Waals surface area contributed by atoms with Crippen LogP contribution >= 0.6 is 11.3 Å². The number of amides is 1. The Morgan fingerprint density at radius 1 is 1.53 bits per heavy atom. The monoisotopic (exact) mass is 278 g/mol. The number of rotatable bonds is 3. The number of aryl methyl sites for hydroxylation is 1. The quantitative estimate of drug-likeness (QED) is 0.913. The van der Waals surface area contributed by atoms with Gasteiger partial charge in [0.15, 0.2) is 0 Å². The summed E-state index contributed by atoms with van der Waals surface area (Å²) in [5.41, 5.74) is 2.86. The Balaban J connectivity index is 0.000000550. The molecule has 2 rings (SSSR count). The fourth-order valence-corrected chi connectivity index (χ4v) is 2.25. The van der Waals surface area contributed by atoms with E-state index in [-0.39, 0.29) is 12.1 Å². The van der Waals surface area contributed by atoms with Crippen molar-refractivity contribution in [2.75, 3.05) is 6.54 Å². The summed E-state index contributed by atoms with van der Waals surface area (Å²) in [6.07, 6.45) is 4.94. The molecule has 0 saturated carbocycles. The molecule has 1 amide bonds. The molecule has 0 atom stereocenters. The smallest absolute Gasteiger partial charge is 0.353 e. The van der Waals surface area contributed by atoms with Crippen molar-refractivity contribution >= 4 is 29.0 Å². The van der Waals surface area contributed by atoms with Crippen LogP contribution in [0, 0.1) is 6.92 Å². The van der Waals surface area contributed by atoms with E-state index in [2.05, 4.69) is 16.4 Å². The summed E-state index contributed by atoms with van der Waals surface area (Å²) in [5, 5.41) is 5.88. The topological polar surface area (TPSA) is 76.1 Å². The van der Waals surface area contributed by atoms with Gasteiger partial charge in [-0.05, 0) is 31.9 Å². The van der Waals surface area contributed by atoms with Gasteiger partial charge in [-0.1, -0.05) is 6.08 Å². The van der Waals surface area contributed by atoms with Gasteiger partial charge in [-0.2, -0.15) is 9.59 Å². The lowest BCUT2D eigenvalue weighted by Gasteiger charge is -2.00. The number of thiazole rings is 1. The van der Waals surface area contributed by atoms with Gasteiger partial charge >= 0.3 is 6.15 Å². The van der Waals surface area contributed by atoms with Crippen molar-refractivity contribution in [2.24, 2.45) is 0 Å². The van der Waals surface area contributed by atoms with Gasteiger partial charge in [0.05, 0.1) is 10.7 Å². The highest BCUT2D eigenvalue weighted by atomic mass is 32.1. The zero-order valence-corrected chi connectivity index (χ0v) is 11.5. The molecule has 0 bridgehead atoms. The van der Waals surface area contributed by atoms with Crippen LogP contribution in [0.1, 0.15) is 24.0 Å². The normalized spacial score (nSPS) is 12.7. The molecular formula is C13H14N2O3S. The second-order valence-corrected chi connectivity index (χ2v) is 4.79. The summed E-state index contributed by atoms with van der Waals surface area (Å²) in [6.45, 7) is 4.57. The maximum atomic E-state index is 11.6. The summed E-state index contributed by atoms with van der Waals surface area (Å²) >= 11 is 1.63. The molecule has 1 N–H and O–H groups in total. The van der Waals surface area contributed by atoms with Crippen LogP contribution < -0.4 is 5.32 Å². The van der Waals surface area contributed by atoms with Crippen molar-refractivity contribution in [1.29, 1.82) is 0 Å². The average Bonchev–Trinajstić information content (AvgIpc) is 2.98. The van der Waals surface area contributed by atoms with Gasteiger partial charge in [0, 0.05) is 17.5 Å². The van der Waals surface area contributed by atoms with Crippen LogP contribution in [-0.2, 0) is 14.4 Å². The van der Waals surface area contributed by atoms with Gasteiger partial charge < -0.3 is 5.32 Å². The molecule has 1 heterocycles. The number of nitrogens with one attached hydrogen (secondary N) is 1. The van der Waals surface area contributed by atoms with Crippen molar-refractivity contribution < 1.29 is 14.4 Å². The van der Waals surface area contributed by atoms with E-state index in [1.54, 1.807) is 11.3 Å².